The van der Waals surface area contributed by atoms with Gasteiger partial charge in [-0.1, -0.05) is 288 Å². The topological polar surface area (TPSA) is 95.9 Å². The van der Waals surface area contributed by atoms with E-state index in [9.17, 15) is 19.8 Å². The van der Waals surface area contributed by atoms with E-state index in [0.717, 1.165) is 51.4 Å². The zero-order valence-corrected chi connectivity index (χ0v) is 46.3. The number of unbranched alkanes of at least 4 members (excludes halogenated alkanes) is 42. The van der Waals surface area contributed by atoms with Crippen LogP contribution in [0.25, 0.3) is 0 Å². The number of esters is 1. The molecule has 406 valence electrons. The maximum absolute atomic E-state index is 12.5. The largest absolute Gasteiger partial charge is 0.466 e. The number of amides is 1. The Morgan fingerprint density at radius 1 is 0.406 bits per heavy atom. The molecule has 0 aromatic rings. The minimum atomic E-state index is -0.846. The van der Waals surface area contributed by atoms with Gasteiger partial charge >= 0.3 is 5.97 Å². The van der Waals surface area contributed by atoms with Gasteiger partial charge in [0, 0.05) is 12.8 Å². The van der Waals surface area contributed by atoms with Gasteiger partial charge in [-0.3, -0.25) is 9.59 Å². The quantitative estimate of drug-likeness (QED) is 0.0321. The standard InChI is InChI=1S/C63H119NO5/c1-3-5-7-9-11-13-15-17-19-27-31-35-39-43-47-51-55-61(66)60(59-65)64-62(67)56-52-48-44-40-36-32-28-25-23-21-22-24-26-30-34-38-42-46-50-54-58-69-63(68)57-53-49-45-41-37-33-29-20-18-16-14-12-10-8-6-4-2/h14,16,20,29,51,55,60-61,65-66H,3-13,15,17-19,21-28,30-50,52-54,56-59H2,1-2H3,(H,64,67)/b16-14-,29-20-,55-51+. The maximum Gasteiger partial charge on any atom is 0.305 e. The number of carbonyl (C=O) groups is 2. The summed E-state index contributed by atoms with van der Waals surface area (Å²) in [5.74, 6) is -0.0722. The van der Waals surface area contributed by atoms with Crippen LogP contribution in [-0.2, 0) is 14.3 Å². The van der Waals surface area contributed by atoms with Gasteiger partial charge in [0.25, 0.3) is 0 Å². The van der Waals surface area contributed by atoms with E-state index in [1.165, 1.54) is 250 Å². The zero-order valence-electron chi connectivity index (χ0n) is 46.3. The third-order valence-corrected chi connectivity index (χ3v) is 14.2. The summed E-state index contributed by atoms with van der Waals surface area (Å²) in [5, 5.41) is 23.1. The Balaban J connectivity index is 3.42. The van der Waals surface area contributed by atoms with E-state index in [1.54, 1.807) is 6.08 Å². The van der Waals surface area contributed by atoms with Crippen LogP contribution in [0.2, 0.25) is 0 Å². The van der Waals surface area contributed by atoms with Crippen LogP contribution < -0.4 is 5.32 Å². The summed E-state index contributed by atoms with van der Waals surface area (Å²) in [7, 11) is 0. The van der Waals surface area contributed by atoms with Crippen LogP contribution in [-0.4, -0.2) is 47.4 Å². The molecule has 0 aliphatic rings. The summed E-state index contributed by atoms with van der Waals surface area (Å²) in [6.07, 6.45) is 73.2. The van der Waals surface area contributed by atoms with Crippen LogP contribution in [0.4, 0.5) is 0 Å². The monoisotopic (exact) mass is 970 g/mol. The Morgan fingerprint density at radius 2 is 0.725 bits per heavy atom. The molecule has 0 heterocycles. The van der Waals surface area contributed by atoms with Gasteiger partial charge in [0.05, 0.1) is 25.4 Å². The van der Waals surface area contributed by atoms with Gasteiger partial charge in [-0.05, 0) is 64.2 Å². The molecular formula is C63H119NO5. The van der Waals surface area contributed by atoms with Crippen molar-refractivity contribution in [3.63, 3.8) is 0 Å². The molecule has 6 nitrogen and oxygen atoms in total. The van der Waals surface area contributed by atoms with Crippen LogP contribution in [0, 0.1) is 0 Å². The zero-order chi connectivity index (χ0) is 50.0. The fraction of sp³-hybridized carbons (Fsp3) is 0.873. The molecule has 2 atom stereocenters. The summed E-state index contributed by atoms with van der Waals surface area (Å²) in [5.41, 5.74) is 0. The fourth-order valence-electron chi connectivity index (χ4n) is 9.43. The van der Waals surface area contributed by atoms with E-state index in [2.05, 4.69) is 43.5 Å². The molecule has 0 rings (SSSR count). The third-order valence-electron chi connectivity index (χ3n) is 14.2. The van der Waals surface area contributed by atoms with Gasteiger partial charge < -0.3 is 20.3 Å². The highest BCUT2D eigenvalue weighted by atomic mass is 16.5. The number of allylic oxidation sites excluding steroid dienone is 5. The Morgan fingerprint density at radius 3 is 1.12 bits per heavy atom. The number of hydrogen-bond donors (Lipinski definition) is 3. The third kappa shape index (κ3) is 55.2. The summed E-state index contributed by atoms with van der Waals surface area (Å²) in [4.78, 5) is 24.5. The smallest absolute Gasteiger partial charge is 0.305 e. The van der Waals surface area contributed by atoms with Gasteiger partial charge in [0.2, 0.25) is 5.91 Å². The Kier molecular flexibility index (Phi) is 57.0. The molecule has 0 spiro atoms. The van der Waals surface area contributed by atoms with Gasteiger partial charge in [-0.2, -0.15) is 0 Å². The van der Waals surface area contributed by atoms with Crippen molar-refractivity contribution in [2.24, 2.45) is 0 Å². The molecule has 0 saturated heterocycles. The van der Waals surface area contributed by atoms with E-state index < -0.39 is 12.1 Å². The van der Waals surface area contributed by atoms with Crippen LogP contribution in [0.15, 0.2) is 36.5 Å². The van der Waals surface area contributed by atoms with Crippen molar-refractivity contribution in [3.05, 3.63) is 36.5 Å². The normalized spacial score (nSPS) is 12.8. The van der Waals surface area contributed by atoms with Gasteiger partial charge in [0.15, 0.2) is 0 Å². The first-order valence-corrected chi connectivity index (χ1v) is 30.8. The SMILES string of the molecule is CCCCCC/C=C\C/C=C\CCCCCCCC(=O)OCCCCCCCCCCCCCCCCCCCCCCC(=O)NC(CO)C(O)/C=C/CCCCCCCCCCCCCCCC. The summed E-state index contributed by atoms with van der Waals surface area (Å²) >= 11 is 0. The second-order valence-electron chi connectivity index (χ2n) is 21.0. The average molecular weight is 971 g/mol. The number of rotatable bonds is 57. The molecule has 0 radical (unpaired) electrons. The lowest BCUT2D eigenvalue weighted by atomic mass is 10.0. The molecule has 69 heavy (non-hydrogen) atoms. The first-order valence-electron chi connectivity index (χ1n) is 30.8. The van der Waals surface area contributed by atoms with Crippen molar-refractivity contribution < 1.29 is 24.5 Å². The number of aliphatic hydroxyl groups is 2. The number of carbonyl (C=O) groups excluding carboxylic acids is 2. The minimum Gasteiger partial charge on any atom is -0.466 e. The van der Waals surface area contributed by atoms with E-state index in [1.807, 2.05) is 6.08 Å². The first-order chi connectivity index (χ1) is 34.0. The molecule has 2 unspecified atom stereocenters. The van der Waals surface area contributed by atoms with Crippen molar-refractivity contribution in [1.29, 1.82) is 0 Å². The number of nitrogens with one attached hydrogen (secondary N) is 1. The lowest BCUT2D eigenvalue weighted by Gasteiger charge is -2.20. The summed E-state index contributed by atoms with van der Waals surface area (Å²) in [6.45, 7) is 4.89. The minimum absolute atomic E-state index is 0.00348. The number of ether oxygens (including phenoxy) is 1. The van der Waals surface area contributed by atoms with E-state index >= 15 is 0 Å². The van der Waals surface area contributed by atoms with E-state index in [0.29, 0.717) is 19.4 Å². The van der Waals surface area contributed by atoms with Crippen LogP contribution >= 0.6 is 0 Å². The molecule has 6 heteroatoms. The van der Waals surface area contributed by atoms with Crippen molar-refractivity contribution in [2.75, 3.05) is 13.2 Å². The molecule has 0 saturated carbocycles. The summed E-state index contributed by atoms with van der Waals surface area (Å²) < 4.78 is 5.48. The molecular weight excluding hydrogens is 851 g/mol. The maximum atomic E-state index is 12.5. The number of hydrogen-bond acceptors (Lipinski definition) is 5. The second kappa shape index (κ2) is 58.6. The second-order valence-corrected chi connectivity index (χ2v) is 21.0. The van der Waals surface area contributed by atoms with Gasteiger partial charge in [0.1, 0.15) is 0 Å². The molecule has 0 bridgehead atoms. The molecule has 0 aromatic carbocycles. The fourth-order valence-corrected chi connectivity index (χ4v) is 9.43. The first kappa shape index (κ1) is 67.1. The molecule has 0 aromatic heterocycles. The van der Waals surface area contributed by atoms with Crippen molar-refractivity contribution in [2.45, 2.75) is 341 Å². The lowest BCUT2D eigenvalue weighted by molar-refractivity contribution is -0.143. The predicted molar refractivity (Wildman–Crippen MR) is 301 cm³/mol. The summed E-state index contributed by atoms with van der Waals surface area (Å²) in [6, 6.07) is -0.630. The highest BCUT2D eigenvalue weighted by molar-refractivity contribution is 5.76. The van der Waals surface area contributed by atoms with Crippen LogP contribution in [0.1, 0.15) is 328 Å². The van der Waals surface area contributed by atoms with Crippen LogP contribution in [0.3, 0.4) is 0 Å². The van der Waals surface area contributed by atoms with Crippen molar-refractivity contribution in [1.82, 2.24) is 5.32 Å². The predicted octanol–water partition coefficient (Wildman–Crippen LogP) is 19.2. The molecule has 1 amide bonds. The molecule has 0 fully saturated rings. The van der Waals surface area contributed by atoms with Crippen molar-refractivity contribution >= 4 is 11.9 Å². The lowest BCUT2D eigenvalue weighted by Crippen LogP contribution is -2.45. The average Bonchev–Trinajstić information content (AvgIpc) is 3.35. The van der Waals surface area contributed by atoms with Gasteiger partial charge in [-0.15, -0.1) is 0 Å². The van der Waals surface area contributed by atoms with Crippen molar-refractivity contribution in [3.8, 4) is 0 Å². The Bertz CT molecular complexity index is 1120. The Hall–Kier alpha value is -1.92. The highest BCUT2D eigenvalue weighted by Crippen LogP contribution is 2.17. The van der Waals surface area contributed by atoms with E-state index in [4.69, 9.17) is 4.74 Å². The molecule has 0 aliphatic heterocycles. The van der Waals surface area contributed by atoms with E-state index in [-0.39, 0.29) is 18.5 Å². The Labute approximate surface area is 430 Å². The number of aliphatic hydroxyl groups excluding tert-OH is 2. The molecule has 0 aliphatic carbocycles. The molecule has 3 N–H and O–H groups in total. The van der Waals surface area contributed by atoms with Gasteiger partial charge in [-0.25, -0.2) is 0 Å². The highest BCUT2D eigenvalue weighted by Gasteiger charge is 2.18. The van der Waals surface area contributed by atoms with Crippen LogP contribution in [0.5, 0.6) is 0 Å².